The number of hydrogen-bond acceptors (Lipinski definition) is 6. The van der Waals surface area contributed by atoms with Crippen molar-refractivity contribution in [1.29, 1.82) is 0 Å². The third kappa shape index (κ3) is 5.30. The number of esters is 1. The maximum absolute atomic E-state index is 13.1. The molecule has 0 aliphatic carbocycles. The SMILES string of the molecule is COC(=O)[C@H](CO)NC(=O)C(Nc1ccc(OC)cc1)C(F)(F)F. The molecule has 0 spiro atoms. The van der Waals surface area contributed by atoms with Gasteiger partial charge in [-0.15, -0.1) is 0 Å². The third-order valence-corrected chi connectivity index (χ3v) is 2.98. The smallest absolute Gasteiger partial charge is 0.417 e. The molecule has 0 bridgehead atoms. The number of anilines is 1. The molecule has 3 N–H and O–H groups in total. The molecule has 134 valence electrons. The number of amides is 1. The number of methoxy groups -OCH3 is 2. The normalized spacial score (nSPS) is 13.6. The highest BCUT2D eigenvalue weighted by atomic mass is 19.4. The molecule has 1 rings (SSSR count). The molecule has 7 nitrogen and oxygen atoms in total. The zero-order valence-electron chi connectivity index (χ0n) is 12.9. The summed E-state index contributed by atoms with van der Waals surface area (Å²) in [5, 5.41) is 12.8. The van der Waals surface area contributed by atoms with E-state index >= 15 is 0 Å². The Balaban J connectivity index is 2.91. The molecular formula is C14H17F3N2O5. The van der Waals surface area contributed by atoms with E-state index in [2.05, 4.69) is 4.74 Å². The fourth-order valence-corrected chi connectivity index (χ4v) is 1.73. The lowest BCUT2D eigenvalue weighted by molar-refractivity contribution is -0.162. The Morgan fingerprint density at radius 2 is 1.79 bits per heavy atom. The summed E-state index contributed by atoms with van der Waals surface area (Å²) in [5.41, 5.74) is 0.0203. The molecule has 2 atom stereocenters. The van der Waals surface area contributed by atoms with E-state index in [0.717, 1.165) is 7.11 Å². The van der Waals surface area contributed by atoms with Crippen molar-refractivity contribution in [3.05, 3.63) is 24.3 Å². The molecule has 1 aromatic carbocycles. The standard InChI is InChI=1S/C14H17F3N2O5/c1-23-9-5-3-8(4-6-9)18-11(14(15,16)17)12(21)19-10(7-20)13(22)24-2/h3-6,10-11,18,20H,7H2,1-2H3,(H,19,21)/t10-,11?/m0/s1. The van der Waals surface area contributed by atoms with E-state index in [1.165, 1.54) is 31.4 Å². The van der Waals surface area contributed by atoms with Gasteiger partial charge in [0.1, 0.15) is 5.75 Å². The van der Waals surface area contributed by atoms with E-state index in [-0.39, 0.29) is 5.69 Å². The first kappa shape index (κ1) is 19.6. The number of ether oxygens (including phenoxy) is 2. The van der Waals surface area contributed by atoms with Gasteiger partial charge in [-0.05, 0) is 24.3 Å². The molecular weight excluding hydrogens is 333 g/mol. The Labute approximate surface area is 135 Å². The Kier molecular flexibility index (Phi) is 6.83. The molecule has 1 unspecified atom stereocenters. The maximum atomic E-state index is 13.1. The topological polar surface area (TPSA) is 96.9 Å². The van der Waals surface area contributed by atoms with Crippen LogP contribution in [0.5, 0.6) is 5.75 Å². The number of nitrogens with one attached hydrogen (secondary N) is 2. The molecule has 0 radical (unpaired) electrons. The first-order chi connectivity index (χ1) is 11.2. The van der Waals surface area contributed by atoms with Gasteiger partial charge < -0.3 is 25.2 Å². The quantitative estimate of drug-likeness (QED) is 0.626. The van der Waals surface area contributed by atoms with Crippen LogP contribution in [-0.4, -0.2) is 56.1 Å². The predicted octanol–water partition coefficient (Wildman–Crippen LogP) is 0.688. The zero-order chi connectivity index (χ0) is 18.3. The monoisotopic (exact) mass is 350 g/mol. The van der Waals surface area contributed by atoms with Crippen molar-refractivity contribution >= 4 is 17.6 Å². The molecule has 0 saturated heterocycles. The molecule has 1 amide bonds. The number of hydrogen-bond donors (Lipinski definition) is 3. The Morgan fingerprint density at radius 1 is 1.21 bits per heavy atom. The fourth-order valence-electron chi connectivity index (χ4n) is 1.73. The van der Waals surface area contributed by atoms with Gasteiger partial charge in [-0.2, -0.15) is 13.2 Å². The van der Waals surface area contributed by atoms with E-state index in [1.807, 2.05) is 5.32 Å². The highest BCUT2D eigenvalue weighted by Gasteiger charge is 2.46. The predicted molar refractivity (Wildman–Crippen MR) is 77.5 cm³/mol. The van der Waals surface area contributed by atoms with Crippen LogP contribution >= 0.6 is 0 Å². The molecule has 0 aliphatic rings. The highest BCUT2D eigenvalue weighted by Crippen LogP contribution is 2.25. The van der Waals surface area contributed by atoms with Crippen molar-refractivity contribution in [2.75, 3.05) is 26.1 Å². The van der Waals surface area contributed by atoms with E-state index in [9.17, 15) is 22.8 Å². The van der Waals surface area contributed by atoms with Crippen LogP contribution in [0, 0.1) is 0 Å². The lowest BCUT2D eigenvalue weighted by atomic mass is 10.2. The van der Waals surface area contributed by atoms with Gasteiger partial charge in [0.25, 0.3) is 5.91 Å². The van der Waals surface area contributed by atoms with Crippen LogP contribution in [0.1, 0.15) is 0 Å². The zero-order valence-corrected chi connectivity index (χ0v) is 12.9. The van der Waals surface area contributed by atoms with Gasteiger partial charge in [0.2, 0.25) is 6.04 Å². The summed E-state index contributed by atoms with van der Waals surface area (Å²) in [4.78, 5) is 23.1. The number of halogens is 3. The largest absolute Gasteiger partial charge is 0.497 e. The molecule has 1 aromatic rings. The Morgan fingerprint density at radius 3 is 2.21 bits per heavy atom. The van der Waals surface area contributed by atoms with Crippen molar-refractivity contribution in [3.8, 4) is 5.75 Å². The second-order valence-electron chi connectivity index (χ2n) is 4.61. The lowest BCUT2D eigenvalue weighted by Crippen LogP contribution is -2.54. The van der Waals surface area contributed by atoms with E-state index in [0.29, 0.717) is 5.75 Å². The van der Waals surface area contributed by atoms with Crippen LogP contribution in [0.4, 0.5) is 18.9 Å². The average Bonchev–Trinajstić information content (AvgIpc) is 2.56. The number of aliphatic hydroxyl groups excluding tert-OH is 1. The Bertz CT molecular complexity index is 563. The van der Waals surface area contributed by atoms with Gasteiger partial charge in [-0.1, -0.05) is 0 Å². The second-order valence-corrected chi connectivity index (χ2v) is 4.61. The molecule has 0 aliphatic heterocycles. The van der Waals surface area contributed by atoms with Crippen molar-refractivity contribution in [1.82, 2.24) is 5.32 Å². The number of carbonyl (C=O) groups excluding carboxylic acids is 2. The minimum Gasteiger partial charge on any atom is -0.497 e. The summed E-state index contributed by atoms with van der Waals surface area (Å²) in [7, 11) is 2.38. The Hall–Kier alpha value is -2.49. The molecule has 0 saturated carbocycles. The van der Waals surface area contributed by atoms with Gasteiger partial charge in [-0.25, -0.2) is 4.79 Å². The van der Waals surface area contributed by atoms with Crippen LogP contribution in [0.3, 0.4) is 0 Å². The van der Waals surface area contributed by atoms with Crippen LogP contribution in [0.25, 0.3) is 0 Å². The van der Waals surface area contributed by atoms with Crippen molar-refractivity contribution in [3.63, 3.8) is 0 Å². The van der Waals surface area contributed by atoms with E-state index in [4.69, 9.17) is 9.84 Å². The average molecular weight is 350 g/mol. The van der Waals surface area contributed by atoms with E-state index in [1.54, 1.807) is 5.32 Å². The van der Waals surface area contributed by atoms with Crippen LogP contribution in [0.15, 0.2) is 24.3 Å². The summed E-state index contributed by atoms with van der Waals surface area (Å²) < 4.78 is 48.5. The molecule has 0 fully saturated rings. The molecule has 24 heavy (non-hydrogen) atoms. The van der Waals surface area contributed by atoms with Gasteiger partial charge in [-0.3, -0.25) is 4.79 Å². The third-order valence-electron chi connectivity index (χ3n) is 2.98. The van der Waals surface area contributed by atoms with Crippen molar-refractivity contribution in [2.24, 2.45) is 0 Å². The number of benzene rings is 1. The van der Waals surface area contributed by atoms with Gasteiger partial charge >= 0.3 is 12.1 Å². The fraction of sp³-hybridized carbons (Fsp3) is 0.429. The lowest BCUT2D eigenvalue weighted by Gasteiger charge is -2.24. The summed E-state index contributed by atoms with van der Waals surface area (Å²) in [6.45, 7) is -0.897. The van der Waals surface area contributed by atoms with Gasteiger partial charge in [0.15, 0.2) is 6.04 Å². The second kappa shape index (κ2) is 8.39. The summed E-state index contributed by atoms with van der Waals surface area (Å²) in [6.07, 6.45) is -4.93. The van der Waals surface area contributed by atoms with Crippen molar-refractivity contribution in [2.45, 2.75) is 18.3 Å². The molecule has 10 heteroatoms. The van der Waals surface area contributed by atoms with Crippen LogP contribution in [-0.2, 0) is 14.3 Å². The van der Waals surface area contributed by atoms with Gasteiger partial charge in [0, 0.05) is 5.69 Å². The summed E-state index contributed by atoms with van der Waals surface area (Å²) in [5.74, 6) is -2.15. The molecule has 0 aromatic heterocycles. The number of rotatable bonds is 7. The number of carbonyl (C=O) groups is 2. The van der Waals surface area contributed by atoms with Crippen LogP contribution in [0.2, 0.25) is 0 Å². The minimum absolute atomic E-state index is 0.0203. The minimum atomic E-state index is -4.93. The van der Waals surface area contributed by atoms with Gasteiger partial charge in [0.05, 0.1) is 20.8 Å². The first-order valence-electron chi connectivity index (χ1n) is 6.69. The van der Waals surface area contributed by atoms with Crippen LogP contribution < -0.4 is 15.4 Å². The maximum Gasteiger partial charge on any atom is 0.417 e. The number of alkyl halides is 3. The van der Waals surface area contributed by atoms with Crippen molar-refractivity contribution < 1.29 is 37.3 Å². The summed E-state index contributed by atoms with van der Waals surface area (Å²) in [6, 6.07) is 1.22. The summed E-state index contributed by atoms with van der Waals surface area (Å²) >= 11 is 0. The number of aliphatic hydroxyl groups is 1. The first-order valence-corrected chi connectivity index (χ1v) is 6.69. The van der Waals surface area contributed by atoms with E-state index < -0.39 is 36.7 Å². The highest BCUT2D eigenvalue weighted by molar-refractivity contribution is 5.90. The molecule has 0 heterocycles.